The second kappa shape index (κ2) is 8.06. The normalized spacial score (nSPS) is 20.8. The third-order valence-corrected chi connectivity index (χ3v) is 6.84. The van der Waals surface area contributed by atoms with Crippen molar-refractivity contribution < 1.29 is 23.8 Å². The molecule has 2 heterocycles. The summed E-state index contributed by atoms with van der Waals surface area (Å²) in [6.45, 7) is 0. The molecule has 5 rings (SSSR count). The highest BCUT2D eigenvalue weighted by molar-refractivity contribution is 6.46. The van der Waals surface area contributed by atoms with Crippen molar-refractivity contribution in [2.24, 2.45) is 7.05 Å². The number of carbonyl (C=O) groups excluding carboxylic acids is 2. The number of aromatic nitrogens is 1. The minimum absolute atomic E-state index is 0.0350. The standard InChI is InChI=1S/C26H25FN2O4/c1-28-14-19(17-9-5-6-10-20(17)28)23-22(24(30)18-13-15(27)11-12-21(18)33-2)25(31)26(32)29(23)16-7-3-4-8-16/h5-6,9-14,16,23,30H,3-4,7-8H2,1-2H3/b24-22+. The Morgan fingerprint density at radius 1 is 1.12 bits per heavy atom. The molecule has 33 heavy (non-hydrogen) atoms. The second-order valence-corrected chi connectivity index (χ2v) is 8.70. The molecule has 0 spiro atoms. The summed E-state index contributed by atoms with van der Waals surface area (Å²) < 4.78 is 21.4. The Hall–Kier alpha value is -3.61. The van der Waals surface area contributed by atoms with E-state index in [-0.39, 0.29) is 22.9 Å². The van der Waals surface area contributed by atoms with E-state index in [1.165, 1.54) is 19.2 Å². The zero-order chi connectivity index (χ0) is 23.3. The number of nitrogens with zero attached hydrogens (tertiary/aromatic N) is 2. The molecule has 1 unspecified atom stereocenters. The van der Waals surface area contributed by atoms with Crippen molar-refractivity contribution in [1.29, 1.82) is 0 Å². The van der Waals surface area contributed by atoms with Gasteiger partial charge in [0.05, 0.1) is 24.3 Å². The first-order valence-electron chi connectivity index (χ1n) is 11.1. The van der Waals surface area contributed by atoms with Crippen LogP contribution in [0.4, 0.5) is 4.39 Å². The van der Waals surface area contributed by atoms with Crippen LogP contribution in [0.3, 0.4) is 0 Å². The number of benzene rings is 2. The van der Waals surface area contributed by atoms with Crippen LogP contribution in [0.2, 0.25) is 0 Å². The molecule has 1 saturated heterocycles. The van der Waals surface area contributed by atoms with E-state index >= 15 is 0 Å². The van der Waals surface area contributed by atoms with Crippen LogP contribution in [-0.4, -0.2) is 39.4 Å². The van der Waals surface area contributed by atoms with Crippen LogP contribution in [0.5, 0.6) is 5.75 Å². The quantitative estimate of drug-likeness (QED) is 0.357. The molecule has 1 aliphatic heterocycles. The summed E-state index contributed by atoms with van der Waals surface area (Å²) in [4.78, 5) is 28.3. The first-order valence-corrected chi connectivity index (χ1v) is 11.1. The predicted octanol–water partition coefficient (Wildman–Crippen LogP) is 4.69. The number of halogens is 1. The van der Waals surface area contributed by atoms with E-state index in [2.05, 4.69) is 0 Å². The molecule has 7 heteroatoms. The Morgan fingerprint density at radius 2 is 1.85 bits per heavy atom. The van der Waals surface area contributed by atoms with E-state index in [0.29, 0.717) is 0 Å². The van der Waals surface area contributed by atoms with Gasteiger partial charge in [0, 0.05) is 35.8 Å². The summed E-state index contributed by atoms with van der Waals surface area (Å²) in [5, 5.41) is 12.2. The molecule has 1 saturated carbocycles. The number of Topliss-reactive ketones (excluding diaryl/α,β-unsaturated/α-hetero) is 1. The van der Waals surface area contributed by atoms with Crippen molar-refractivity contribution in [1.82, 2.24) is 9.47 Å². The number of carbonyl (C=O) groups is 2. The number of amides is 1. The number of rotatable bonds is 4. The highest BCUT2D eigenvalue weighted by Gasteiger charge is 2.50. The lowest BCUT2D eigenvalue weighted by atomic mass is 9.94. The van der Waals surface area contributed by atoms with Gasteiger partial charge in [-0.05, 0) is 37.1 Å². The van der Waals surface area contributed by atoms with Crippen molar-refractivity contribution >= 4 is 28.4 Å². The van der Waals surface area contributed by atoms with Gasteiger partial charge in [-0.3, -0.25) is 9.59 Å². The summed E-state index contributed by atoms with van der Waals surface area (Å²) in [6.07, 6.45) is 5.47. The predicted molar refractivity (Wildman–Crippen MR) is 122 cm³/mol. The van der Waals surface area contributed by atoms with Gasteiger partial charge in [-0.15, -0.1) is 0 Å². The van der Waals surface area contributed by atoms with Gasteiger partial charge < -0.3 is 19.3 Å². The highest BCUT2D eigenvalue weighted by Crippen LogP contribution is 2.46. The fourth-order valence-electron chi connectivity index (χ4n) is 5.32. The fraction of sp³-hybridized carbons (Fsp3) is 0.308. The summed E-state index contributed by atoms with van der Waals surface area (Å²) in [5.74, 6) is -2.18. The Bertz CT molecular complexity index is 1300. The number of para-hydroxylation sites is 1. The van der Waals surface area contributed by atoms with Crippen LogP contribution >= 0.6 is 0 Å². The molecular weight excluding hydrogens is 423 g/mol. The van der Waals surface area contributed by atoms with Gasteiger partial charge in [0.25, 0.3) is 11.7 Å². The Balaban J connectivity index is 1.79. The molecule has 0 bridgehead atoms. The smallest absolute Gasteiger partial charge is 0.295 e. The van der Waals surface area contributed by atoms with Crippen LogP contribution in [0.25, 0.3) is 16.7 Å². The number of aliphatic hydroxyl groups is 1. The van der Waals surface area contributed by atoms with Gasteiger partial charge in [0.2, 0.25) is 0 Å². The number of fused-ring (bicyclic) bond motifs is 1. The third-order valence-electron chi connectivity index (χ3n) is 6.84. The van der Waals surface area contributed by atoms with Crippen LogP contribution in [-0.2, 0) is 16.6 Å². The summed E-state index contributed by atoms with van der Waals surface area (Å²) in [6, 6.07) is 10.6. The maximum Gasteiger partial charge on any atom is 0.295 e. The molecule has 1 aliphatic carbocycles. The molecule has 2 aliphatic rings. The van der Waals surface area contributed by atoms with Crippen LogP contribution in [0, 0.1) is 5.82 Å². The summed E-state index contributed by atoms with van der Waals surface area (Å²) >= 11 is 0. The summed E-state index contributed by atoms with van der Waals surface area (Å²) in [5.41, 5.74) is 1.73. The average molecular weight is 448 g/mol. The van der Waals surface area contributed by atoms with Crippen molar-refractivity contribution in [3.05, 3.63) is 71.2 Å². The van der Waals surface area contributed by atoms with E-state index in [1.54, 1.807) is 4.90 Å². The van der Waals surface area contributed by atoms with Crippen LogP contribution < -0.4 is 4.74 Å². The van der Waals surface area contributed by atoms with Crippen LogP contribution in [0.15, 0.2) is 54.2 Å². The molecule has 1 N–H and O–H groups in total. The largest absolute Gasteiger partial charge is 0.507 e. The molecule has 170 valence electrons. The van der Waals surface area contributed by atoms with E-state index < -0.39 is 29.3 Å². The van der Waals surface area contributed by atoms with E-state index in [4.69, 9.17) is 4.74 Å². The molecule has 3 aromatic rings. The monoisotopic (exact) mass is 448 g/mol. The van der Waals surface area contributed by atoms with Crippen molar-refractivity contribution in [3.8, 4) is 5.75 Å². The van der Waals surface area contributed by atoms with Gasteiger partial charge in [-0.2, -0.15) is 0 Å². The number of ketones is 1. The zero-order valence-electron chi connectivity index (χ0n) is 18.5. The van der Waals surface area contributed by atoms with E-state index in [0.717, 1.165) is 48.2 Å². The molecule has 1 atom stereocenters. The molecule has 6 nitrogen and oxygen atoms in total. The average Bonchev–Trinajstić information content (AvgIpc) is 3.52. The van der Waals surface area contributed by atoms with Crippen molar-refractivity contribution in [2.45, 2.75) is 37.8 Å². The molecular formula is C26H25FN2O4. The number of aliphatic hydroxyl groups excluding tert-OH is 1. The molecule has 1 aromatic heterocycles. The second-order valence-electron chi connectivity index (χ2n) is 8.70. The van der Waals surface area contributed by atoms with Gasteiger partial charge in [-0.1, -0.05) is 31.0 Å². The molecule has 2 aromatic carbocycles. The van der Waals surface area contributed by atoms with Crippen molar-refractivity contribution in [2.75, 3.05) is 7.11 Å². The SMILES string of the molecule is COc1ccc(F)cc1/C(O)=C1\C(=O)C(=O)N(C2CCCC2)C1c1cn(C)c2ccccc12. The maximum absolute atomic E-state index is 14.1. The van der Waals surface area contributed by atoms with Gasteiger partial charge >= 0.3 is 0 Å². The van der Waals surface area contributed by atoms with Gasteiger partial charge in [-0.25, -0.2) is 4.39 Å². The van der Waals surface area contributed by atoms with E-state index in [9.17, 15) is 19.1 Å². The number of likely N-dealkylation sites (tertiary alicyclic amines) is 1. The van der Waals surface area contributed by atoms with Crippen molar-refractivity contribution in [3.63, 3.8) is 0 Å². The van der Waals surface area contributed by atoms with Gasteiger partial charge in [0.15, 0.2) is 0 Å². The Morgan fingerprint density at radius 3 is 2.58 bits per heavy atom. The first kappa shape index (κ1) is 21.2. The first-order chi connectivity index (χ1) is 15.9. The minimum Gasteiger partial charge on any atom is -0.507 e. The summed E-state index contributed by atoms with van der Waals surface area (Å²) in [7, 11) is 3.31. The lowest BCUT2D eigenvalue weighted by Gasteiger charge is -2.30. The topological polar surface area (TPSA) is 71.8 Å². The lowest BCUT2D eigenvalue weighted by Crippen LogP contribution is -2.37. The van der Waals surface area contributed by atoms with Gasteiger partial charge in [0.1, 0.15) is 17.3 Å². The fourth-order valence-corrected chi connectivity index (χ4v) is 5.32. The highest BCUT2D eigenvalue weighted by atomic mass is 19.1. The lowest BCUT2D eigenvalue weighted by molar-refractivity contribution is -0.141. The van der Waals surface area contributed by atoms with Crippen LogP contribution in [0.1, 0.15) is 42.9 Å². The maximum atomic E-state index is 14.1. The number of ether oxygens (including phenoxy) is 1. The number of aryl methyl sites for hydroxylation is 1. The Kier molecular flexibility index (Phi) is 5.19. The number of hydrogen-bond acceptors (Lipinski definition) is 4. The number of hydrogen-bond donors (Lipinski definition) is 1. The zero-order valence-corrected chi connectivity index (χ0v) is 18.5. The number of methoxy groups -OCH3 is 1. The molecule has 0 radical (unpaired) electrons. The van der Waals surface area contributed by atoms with E-state index in [1.807, 2.05) is 42.1 Å². The third kappa shape index (κ3) is 3.30. The Labute approximate surface area is 190 Å². The minimum atomic E-state index is -0.771. The molecule has 2 fully saturated rings. The molecule has 1 amide bonds.